The van der Waals surface area contributed by atoms with Gasteiger partial charge in [0.2, 0.25) is 5.95 Å². The number of nitrogens with one attached hydrogen (secondary N) is 1. The minimum Gasteiger partial charge on any atom is -0.365 e. The van der Waals surface area contributed by atoms with Gasteiger partial charge in [-0.25, -0.2) is 9.97 Å². The Balaban J connectivity index is 1.70. The van der Waals surface area contributed by atoms with Gasteiger partial charge in [0.15, 0.2) is 0 Å². The van der Waals surface area contributed by atoms with E-state index in [4.69, 9.17) is 15.7 Å². The Kier molecular flexibility index (Phi) is 4.61. The molecular weight excluding hydrogens is 372 g/mol. The quantitative estimate of drug-likeness (QED) is 0.463. The summed E-state index contributed by atoms with van der Waals surface area (Å²) in [6.07, 6.45) is 0. The third kappa shape index (κ3) is 3.17. The van der Waals surface area contributed by atoms with E-state index in [2.05, 4.69) is 22.4 Å². The maximum absolute atomic E-state index is 6.02. The second kappa shape index (κ2) is 7.57. The number of benzene rings is 3. The number of aromatic nitrogens is 4. The van der Waals surface area contributed by atoms with Gasteiger partial charge in [0.1, 0.15) is 11.6 Å². The zero-order valence-corrected chi connectivity index (χ0v) is 16.7. The number of imidazole rings is 1. The summed E-state index contributed by atoms with van der Waals surface area (Å²) in [6.45, 7) is 3.05. The van der Waals surface area contributed by atoms with Gasteiger partial charge in [0, 0.05) is 18.5 Å². The summed E-state index contributed by atoms with van der Waals surface area (Å²) in [4.78, 5) is 14.5. The first-order chi connectivity index (χ1) is 14.7. The van der Waals surface area contributed by atoms with Crippen LogP contribution in [0.1, 0.15) is 17.0 Å². The van der Waals surface area contributed by atoms with E-state index in [1.807, 2.05) is 72.2 Å². The molecule has 0 unspecified atom stereocenters. The molecule has 6 nitrogen and oxygen atoms in total. The molecule has 2 aromatic heterocycles. The van der Waals surface area contributed by atoms with Crippen LogP contribution < -0.4 is 11.1 Å². The molecule has 6 heteroatoms. The maximum atomic E-state index is 6.02. The summed E-state index contributed by atoms with van der Waals surface area (Å²) in [5, 5.41) is 4.46. The minimum absolute atomic E-state index is 0.412. The molecule has 3 aromatic carbocycles. The maximum Gasteiger partial charge on any atom is 0.238 e. The summed E-state index contributed by atoms with van der Waals surface area (Å²) in [5.41, 5.74) is 11.0. The van der Waals surface area contributed by atoms with Gasteiger partial charge in [-0.15, -0.1) is 0 Å². The monoisotopic (exact) mass is 394 g/mol. The summed E-state index contributed by atoms with van der Waals surface area (Å²) >= 11 is 0. The molecule has 0 aliphatic carbocycles. The van der Waals surface area contributed by atoms with Crippen LogP contribution >= 0.6 is 0 Å². The molecule has 2 heterocycles. The highest BCUT2D eigenvalue weighted by molar-refractivity contribution is 5.92. The van der Waals surface area contributed by atoms with Crippen molar-refractivity contribution in [3.05, 3.63) is 89.7 Å². The Morgan fingerprint density at radius 1 is 0.867 bits per heavy atom. The average molecular weight is 394 g/mol. The second-order valence-corrected chi connectivity index (χ2v) is 7.21. The molecule has 0 aliphatic rings. The third-order valence-electron chi connectivity index (χ3n) is 5.25. The molecule has 0 spiro atoms. The number of hydrogen-bond acceptors (Lipinski definition) is 5. The lowest BCUT2D eigenvalue weighted by Gasteiger charge is -2.14. The van der Waals surface area contributed by atoms with E-state index in [1.165, 1.54) is 5.56 Å². The number of nitrogens with zero attached hydrogens (tertiary/aromatic N) is 4. The minimum atomic E-state index is 0.412. The summed E-state index contributed by atoms with van der Waals surface area (Å²) < 4.78 is 2.00. The lowest BCUT2D eigenvalue weighted by atomic mass is 10.1. The van der Waals surface area contributed by atoms with Gasteiger partial charge in [-0.3, -0.25) is 4.57 Å². The van der Waals surface area contributed by atoms with Crippen molar-refractivity contribution in [2.45, 2.75) is 20.0 Å². The average Bonchev–Trinajstić information content (AvgIpc) is 3.13. The molecule has 0 radical (unpaired) electrons. The molecule has 30 heavy (non-hydrogen) atoms. The molecule has 0 aliphatic heterocycles. The van der Waals surface area contributed by atoms with Gasteiger partial charge in [-0.1, -0.05) is 54.6 Å². The van der Waals surface area contributed by atoms with E-state index in [0.29, 0.717) is 19.0 Å². The molecule has 148 valence electrons. The van der Waals surface area contributed by atoms with E-state index in [1.54, 1.807) is 0 Å². The lowest BCUT2D eigenvalue weighted by molar-refractivity contribution is 0.910. The van der Waals surface area contributed by atoms with Crippen LogP contribution in [0.2, 0.25) is 0 Å². The van der Waals surface area contributed by atoms with Crippen molar-refractivity contribution in [3.8, 4) is 5.95 Å². The van der Waals surface area contributed by atoms with Gasteiger partial charge in [-0.05, 0) is 36.2 Å². The standard InChI is InChI=1S/C24H22N6/c1-16-27-20-12-5-6-13-21(20)30(16)24-28-22-18(14-25)10-7-11-19(22)23(29-24)26-15-17-8-3-2-4-9-17/h2-13H,14-15,25H2,1H3,(H,26,28,29). The number of rotatable bonds is 5. The summed E-state index contributed by atoms with van der Waals surface area (Å²) in [5.74, 6) is 2.21. The van der Waals surface area contributed by atoms with Crippen molar-refractivity contribution in [3.63, 3.8) is 0 Å². The van der Waals surface area contributed by atoms with Gasteiger partial charge >= 0.3 is 0 Å². The Labute approximate surface area is 174 Å². The molecule has 5 aromatic rings. The van der Waals surface area contributed by atoms with Crippen LogP contribution in [0, 0.1) is 6.92 Å². The Bertz CT molecular complexity index is 1340. The Hall–Kier alpha value is -3.77. The van der Waals surface area contributed by atoms with Gasteiger partial charge < -0.3 is 11.1 Å². The molecule has 0 saturated heterocycles. The number of para-hydroxylation sites is 3. The van der Waals surface area contributed by atoms with Crippen LogP contribution in [0.4, 0.5) is 5.82 Å². The van der Waals surface area contributed by atoms with Crippen LogP contribution in [0.5, 0.6) is 0 Å². The van der Waals surface area contributed by atoms with E-state index in [9.17, 15) is 0 Å². The predicted octanol–water partition coefficient (Wildman–Crippen LogP) is 4.35. The first-order valence-corrected chi connectivity index (χ1v) is 9.96. The fourth-order valence-corrected chi connectivity index (χ4v) is 3.78. The number of hydrogen-bond donors (Lipinski definition) is 2. The molecule has 0 bridgehead atoms. The van der Waals surface area contributed by atoms with Crippen LogP contribution in [0.3, 0.4) is 0 Å². The highest BCUT2D eigenvalue weighted by Crippen LogP contribution is 2.27. The van der Waals surface area contributed by atoms with Crippen molar-refractivity contribution < 1.29 is 0 Å². The molecule has 0 saturated carbocycles. The van der Waals surface area contributed by atoms with Gasteiger partial charge in [0.25, 0.3) is 0 Å². The number of aryl methyl sites for hydroxylation is 1. The van der Waals surface area contributed by atoms with Gasteiger partial charge in [0.05, 0.1) is 16.6 Å². The van der Waals surface area contributed by atoms with Crippen LogP contribution in [0.25, 0.3) is 27.9 Å². The lowest BCUT2D eigenvalue weighted by Crippen LogP contribution is -2.10. The molecule has 5 rings (SSSR count). The topological polar surface area (TPSA) is 81.7 Å². The first kappa shape index (κ1) is 18.3. The summed E-state index contributed by atoms with van der Waals surface area (Å²) in [6, 6.07) is 24.3. The molecule has 0 amide bonds. The fourth-order valence-electron chi connectivity index (χ4n) is 3.78. The zero-order valence-electron chi connectivity index (χ0n) is 16.7. The Morgan fingerprint density at radius 2 is 1.67 bits per heavy atom. The largest absolute Gasteiger partial charge is 0.365 e. The first-order valence-electron chi connectivity index (χ1n) is 9.96. The number of nitrogens with two attached hydrogens (primary N) is 1. The van der Waals surface area contributed by atoms with Gasteiger partial charge in [-0.2, -0.15) is 4.98 Å². The van der Waals surface area contributed by atoms with Crippen molar-refractivity contribution >= 4 is 27.8 Å². The van der Waals surface area contributed by atoms with Crippen molar-refractivity contribution in [1.29, 1.82) is 0 Å². The van der Waals surface area contributed by atoms with E-state index < -0.39 is 0 Å². The third-order valence-corrected chi connectivity index (χ3v) is 5.25. The number of fused-ring (bicyclic) bond motifs is 2. The summed E-state index contributed by atoms with van der Waals surface area (Å²) in [7, 11) is 0. The molecule has 3 N–H and O–H groups in total. The van der Waals surface area contributed by atoms with E-state index >= 15 is 0 Å². The highest BCUT2D eigenvalue weighted by atomic mass is 15.2. The SMILES string of the molecule is Cc1nc2ccccc2n1-c1nc(NCc2ccccc2)c2cccc(CN)c2n1. The van der Waals surface area contributed by atoms with E-state index in [0.717, 1.165) is 39.1 Å². The smallest absolute Gasteiger partial charge is 0.238 e. The molecular formula is C24H22N6. The number of anilines is 1. The van der Waals surface area contributed by atoms with Crippen LogP contribution in [-0.2, 0) is 13.1 Å². The molecule has 0 fully saturated rings. The zero-order chi connectivity index (χ0) is 20.5. The van der Waals surface area contributed by atoms with Crippen molar-refractivity contribution in [1.82, 2.24) is 19.5 Å². The van der Waals surface area contributed by atoms with Crippen LogP contribution in [-0.4, -0.2) is 19.5 Å². The second-order valence-electron chi connectivity index (χ2n) is 7.21. The highest BCUT2D eigenvalue weighted by Gasteiger charge is 2.16. The Morgan fingerprint density at radius 3 is 2.50 bits per heavy atom. The fraction of sp³-hybridized carbons (Fsp3) is 0.125. The normalized spacial score (nSPS) is 11.3. The predicted molar refractivity (Wildman–Crippen MR) is 121 cm³/mol. The molecule has 0 atom stereocenters. The van der Waals surface area contributed by atoms with Crippen molar-refractivity contribution in [2.75, 3.05) is 5.32 Å². The van der Waals surface area contributed by atoms with Crippen molar-refractivity contribution in [2.24, 2.45) is 5.73 Å². The van der Waals surface area contributed by atoms with Crippen LogP contribution in [0.15, 0.2) is 72.8 Å². The van der Waals surface area contributed by atoms with E-state index in [-0.39, 0.29) is 0 Å².